The van der Waals surface area contributed by atoms with E-state index in [2.05, 4.69) is 10.4 Å². The van der Waals surface area contributed by atoms with E-state index in [0.29, 0.717) is 12.5 Å². The molecule has 1 aliphatic carbocycles. The highest BCUT2D eigenvalue weighted by atomic mass is 35.5. The number of hydrogen-bond acceptors (Lipinski definition) is 3. The molecule has 2 aromatic rings. The molecule has 1 saturated carbocycles. The van der Waals surface area contributed by atoms with Crippen LogP contribution in [0, 0.1) is 0 Å². The number of benzene rings is 1. The molecule has 0 unspecified atom stereocenters. The van der Waals surface area contributed by atoms with Crippen LogP contribution in [0.5, 0.6) is 0 Å². The molecule has 3 rings (SSSR count). The predicted octanol–water partition coefficient (Wildman–Crippen LogP) is 3.16. The van der Waals surface area contributed by atoms with Crippen LogP contribution in [0.15, 0.2) is 30.5 Å². The highest BCUT2D eigenvalue weighted by Gasteiger charge is 2.27. The molecule has 3 N–H and O–H groups in total. The molecular weight excluding hydrogens is 272 g/mol. The van der Waals surface area contributed by atoms with Crippen molar-refractivity contribution in [2.24, 2.45) is 5.73 Å². The van der Waals surface area contributed by atoms with Gasteiger partial charge in [0, 0.05) is 24.0 Å². The second-order valence-electron chi connectivity index (χ2n) is 5.18. The quantitative estimate of drug-likeness (QED) is 0.889. The lowest BCUT2D eigenvalue weighted by atomic mass is 9.82. The minimum atomic E-state index is 0.580. The Balaban J connectivity index is 1.99. The lowest BCUT2D eigenvalue weighted by Gasteiger charge is -2.27. The summed E-state index contributed by atoms with van der Waals surface area (Å²) in [6.07, 6.45) is 5.64. The summed E-state index contributed by atoms with van der Waals surface area (Å²) in [6.45, 7) is 1.38. The molecule has 1 heterocycles. The zero-order valence-electron chi connectivity index (χ0n) is 11.3. The molecule has 0 radical (unpaired) electrons. The molecule has 1 aromatic heterocycles. The maximum atomic E-state index is 6.09. The van der Waals surface area contributed by atoms with E-state index < -0.39 is 0 Å². The summed E-state index contributed by atoms with van der Waals surface area (Å²) in [5, 5.41) is 8.64. The molecule has 5 heteroatoms. The van der Waals surface area contributed by atoms with Crippen LogP contribution < -0.4 is 11.1 Å². The Morgan fingerprint density at radius 3 is 2.90 bits per heavy atom. The Kier molecular flexibility index (Phi) is 3.94. The number of nitrogens with one attached hydrogen (secondary N) is 1. The summed E-state index contributed by atoms with van der Waals surface area (Å²) < 4.78 is 2.01. The fourth-order valence-electron chi connectivity index (χ4n) is 2.59. The van der Waals surface area contributed by atoms with Gasteiger partial charge < -0.3 is 11.1 Å². The highest BCUT2D eigenvalue weighted by Crippen LogP contribution is 2.40. The topological polar surface area (TPSA) is 55.9 Å². The van der Waals surface area contributed by atoms with E-state index in [1.54, 1.807) is 0 Å². The van der Waals surface area contributed by atoms with Gasteiger partial charge in [-0.3, -0.25) is 0 Å². The van der Waals surface area contributed by atoms with Crippen molar-refractivity contribution in [3.63, 3.8) is 0 Å². The summed E-state index contributed by atoms with van der Waals surface area (Å²) in [6, 6.07) is 7.82. The van der Waals surface area contributed by atoms with Gasteiger partial charge in [-0.2, -0.15) is 5.10 Å². The molecule has 0 bridgehead atoms. The Morgan fingerprint density at radius 1 is 1.40 bits per heavy atom. The minimum Gasteiger partial charge on any atom is -0.381 e. The molecule has 1 aromatic carbocycles. The predicted molar refractivity (Wildman–Crippen MR) is 82.7 cm³/mol. The van der Waals surface area contributed by atoms with Crippen molar-refractivity contribution in [1.82, 2.24) is 9.78 Å². The molecule has 0 aliphatic heterocycles. The summed E-state index contributed by atoms with van der Waals surface area (Å²) >= 11 is 6.09. The van der Waals surface area contributed by atoms with E-state index in [1.165, 1.54) is 25.0 Å². The fourth-order valence-corrected chi connectivity index (χ4v) is 2.77. The van der Waals surface area contributed by atoms with Gasteiger partial charge >= 0.3 is 0 Å². The number of nitrogens with two attached hydrogens (primary N) is 1. The molecule has 0 spiro atoms. The monoisotopic (exact) mass is 290 g/mol. The summed E-state index contributed by atoms with van der Waals surface area (Å²) in [7, 11) is 0. The molecule has 106 valence electrons. The van der Waals surface area contributed by atoms with E-state index in [0.717, 1.165) is 22.9 Å². The number of hydrogen-bond donors (Lipinski definition) is 2. The lowest BCUT2D eigenvalue weighted by molar-refractivity contribution is 0.404. The van der Waals surface area contributed by atoms with Crippen molar-refractivity contribution in [2.45, 2.75) is 25.2 Å². The summed E-state index contributed by atoms with van der Waals surface area (Å²) in [5.41, 5.74) is 8.95. The third-order valence-electron chi connectivity index (χ3n) is 3.81. The van der Waals surface area contributed by atoms with Crippen molar-refractivity contribution in [1.29, 1.82) is 0 Å². The molecule has 0 saturated heterocycles. The Hall–Kier alpha value is -1.52. The van der Waals surface area contributed by atoms with Gasteiger partial charge in [0.15, 0.2) is 0 Å². The van der Waals surface area contributed by atoms with Gasteiger partial charge in [-0.05, 0) is 31.0 Å². The van der Waals surface area contributed by atoms with Gasteiger partial charge in [-0.25, -0.2) is 4.68 Å². The Morgan fingerprint density at radius 2 is 2.25 bits per heavy atom. The van der Waals surface area contributed by atoms with E-state index in [4.69, 9.17) is 17.3 Å². The fraction of sp³-hybridized carbons (Fsp3) is 0.400. The van der Waals surface area contributed by atoms with Gasteiger partial charge in [0.25, 0.3) is 0 Å². The second kappa shape index (κ2) is 5.85. The number of rotatable bonds is 5. The van der Waals surface area contributed by atoms with E-state index in [1.807, 2.05) is 35.1 Å². The van der Waals surface area contributed by atoms with Crippen molar-refractivity contribution in [2.75, 3.05) is 18.4 Å². The third kappa shape index (κ3) is 2.53. The summed E-state index contributed by atoms with van der Waals surface area (Å²) in [4.78, 5) is 0. The van der Waals surface area contributed by atoms with Crippen LogP contribution in [0.1, 0.15) is 30.9 Å². The standard InChI is InChI=1S/C15H19ClN4/c16-12-5-2-6-13(9-12)20-15(11-3-1-4-11)14(10-19-20)18-8-7-17/h2,5-6,9-11,18H,1,3-4,7-8,17H2. The Bertz CT molecular complexity index is 589. The van der Waals surface area contributed by atoms with Gasteiger partial charge in [0.05, 0.1) is 23.3 Å². The number of aromatic nitrogens is 2. The van der Waals surface area contributed by atoms with Crippen molar-refractivity contribution < 1.29 is 0 Å². The van der Waals surface area contributed by atoms with Crippen molar-refractivity contribution in [3.05, 3.63) is 41.2 Å². The minimum absolute atomic E-state index is 0.580. The van der Waals surface area contributed by atoms with Crippen LogP contribution in [0.2, 0.25) is 5.02 Å². The number of anilines is 1. The molecule has 1 aliphatic rings. The van der Waals surface area contributed by atoms with Gasteiger partial charge in [-0.1, -0.05) is 24.1 Å². The molecule has 1 fully saturated rings. The van der Waals surface area contributed by atoms with Crippen molar-refractivity contribution in [3.8, 4) is 5.69 Å². The first-order valence-electron chi connectivity index (χ1n) is 7.07. The van der Waals surface area contributed by atoms with Crippen LogP contribution in [0.3, 0.4) is 0 Å². The average molecular weight is 291 g/mol. The largest absolute Gasteiger partial charge is 0.381 e. The molecule has 0 amide bonds. The van der Waals surface area contributed by atoms with Gasteiger partial charge in [0.1, 0.15) is 0 Å². The van der Waals surface area contributed by atoms with Crippen LogP contribution in [-0.2, 0) is 0 Å². The maximum Gasteiger partial charge on any atom is 0.0767 e. The van der Waals surface area contributed by atoms with E-state index >= 15 is 0 Å². The third-order valence-corrected chi connectivity index (χ3v) is 4.05. The molecular formula is C15H19ClN4. The zero-order chi connectivity index (χ0) is 13.9. The van der Waals surface area contributed by atoms with E-state index in [9.17, 15) is 0 Å². The average Bonchev–Trinajstić information content (AvgIpc) is 2.78. The van der Waals surface area contributed by atoms with Crippen LogP contribution >= 0.6 is 11.6 Å². The first-order valence-corrected chi connectivity index (χ1v) is 7.45. The molecule has 20 heavy (non-hydrogen) atoms. The SMILES string of the molecule is NCCNc1cnn(-c2cccc(Cl)c2)c1C1CCC1. The molecule has 4 nitrogen and oxygen atoms in total. The zero-order valence-corrected chi connectivity index (χ0v) is 12.1. The van der Waals surface area contributed by atoms with Crippen LogP contribution in [0.25, 0.3) is 5.69 Å². The number of halogens is 1. The van der Waals surface area contributed by atoms with Crippen LogP contribution in [-0.4, -0.2) is 22.9 Å². The Labute approximate surface area is 123 Å². The first kappa shape index (κ1) is 13.5. The van der Waals surface area contributed by atoms with Gasteiger partial charge in [-0.15, -0.1) is 0 Å². The van der Waals surface area contributed by atoms with E-state index in [-0.39, 0.29) is 0 Å². The molecule has 0 atom stereocenters. The highest BCUT2D eigenvalue weighted by molar-refractivity contribution is 6.30. The lowest BCUT2D eigenvalue weighted by Crippen LogP contribution is -2.18. The first-order chi connectivity index (χ1) is 9.79. The van der Waals surface area contributed by atoms with Crippen LogP contribution in [0.4, 0.5) is 5.69 Å². The summed E-state index contributed by atoms with van der Waals surface area (Å²) in [5.74, 6) is 0.580. The smallest absolute Gasteiger partial charge is 0.0767 e. The van der Waals surface area contributed by atoms with Gasteiger partial charge in [0.2, 0.25) is 0 Å². The second-order valence-corrected chi connectivity index (χ2v) is 5.61. The maximum absolute atomic E-state index is 6.09. The number of nitrogens with zero attached hydrogens (tertiary/aromatic N) is 2. The normalized spacial score (nSPS) is 15.1. The van der Waals surface area contributed by atoms with Crippen molar-refractivity contribution >= 4 is 17.3 Å².